The third-order valence-corrected chi connectivity index (χ3v) is 2.41. The van der Waals surface area contributed by atoms with Gasteiger partial charge in [-0.15, -0.1) is 0 Å². The number of hydrogen-bond donors (Lipinski definition) is 2. The van der Waals surface area contributed by atoms with Crippen molar-refractivity contribution in [1.29, 1.82) is 0 Å². The topological polar surface area (TPSA) is 92.7 Å². The Bertz CT molecular complexity index is 420. The number of amides is 1. The van der Waals surface area contributed by atoms with Crippen LogP contribution < -0.4 is 5.32 Å². The van der Waals surface area contributed by atoms with Crippen molar-refractivity contribution in [2.75, 3.05) is 0 Å². The lowest BCUT2D eigenvalue weighted by atomic mass is 10.0. The van der Waals surface area contributed by atoms with Gasteiger partial charge in [-0.3, -0.25) is 4.55 Å². The number of carbonyl (C=O) groups is 1. The van der Waals surface area contributed by atoms with Gasteiger partial charge in [0.05, 0.1) is 11.4 Å². The van der Waals surface area contributed by atoms with Crippen LogP contribution in [0.1, 0.15) is 41.0 Å². The summed E-state index contributed by atoms with van der Waals surface area (Å²) in [7, 11) is -4.20. The van der Waals surface area contributed by atoms with Gasteiger partial charge in [-0.2, -0.15) is 8.42 Å². The Morgan fingerprint density at radius 1 is 1.37 bits per heavy atom. The van der Waals surface area contributed by atoms with Gasteiger partial charge in [0.1, 0.15) is 5.60 Å². The Labute approximate surface area is 115 Å². The molecule has 2 N–H and O–H groups in total. The van der Waals surface area contributed by atoms with E-state index in [1.54, 1.807) is 20.8 Å². The van der Waals surface area contributed by atoms with E-state index in [1.807, 2.05) is 13.8 Å². The van der Waals surface area contributed by atoms with Gasteiger partial charge in [-0.25, -0.2) is 4.79 Å². The van der Waals surface area contributed by atoms with Crippen LogP contribution in [0.2, 0.25) is 0 Å². The Morgan fingerprint density at radius 3 is 2.26 bits per heavy atom. The molecule has 0 heterocycles. The second-order valence-corrected chi connectivity index (χ2v) is 7.03. The Balaban J connectivity index is 4.69. The lowest BCUT2D eigenvalue weighted by Gasteiger charge is -2.23. The molecule has 1 amide bonds. The van der Waals surface area contributed by atoms with Gasteiger partial charge in [0.2, 0.25) is 0 Å². The minimum atomic E-state index is -4.20. The van der Waals surface area contributed by atoms with E-state index in [1.165, 1.54) is 6.08 Å². The molecule has 1 atom stereocenters. The molecule has 112 valence electrons. The summed E-state index contributed by atoms with van der Waals surface area (Å²) in [6.07, 6.45) is 1.14. The van der Waals surface area contributed by atoms with Crippen LogP contribution in [0.4, 0.5) is 4.79 Å². The molecule has 0 saturated carbocycles. The van der Waals surface area contributed by atoms with Gasteiger partial charge in [0.15, 0.2) is 0 Å². The molecule has 0 aliphatic rings. The van der Waals surface area contributed by atoms with Crippen molar-refractivity contribution in [2.24, 2.45) is 5.92 Å². The summed E-state index contributed by atoms with van der Waals surface area (Å²) >= 11 is 0. The zero-order valence-electron chi connectivity index (χ0n) is 12.0. The third-order valence-electron chi connectivity index (χ3n) is 1.91. The monoisotopic (exact) mass is 293 g/mol. The van der Waals surface area contributed by atoms with E-state index in [-0.39, 0.29) is 5.92 Å². The Hall–Kier alpha value is -1.08. The summed E-state index contributed by atoms with van der Waals surface area (Å²) in [4.78, 5) is 11.6. The summed E-state index contributed by atoms with van der Waals surface area (Å²) in [5, 5.41) is 3.22. The van der Waals surface area contributed by atoms with Crippen LogP contribution in [0.5, 0.6) is 0 Å². The maximum Gasteiger partial charge on any atom is 0.408 e. The maximum atomic E-state index is 11.6. The van der Waals surface area contributed by atoms with Crippen LogP contribution in [0.3, 0.4) is 0 Å². The van der Waals surface area contributed by atoms with Crippen LogP contribution in [0, 0.1) is 5.92 Å². The fourth-order valence-electron chi connectivity index (χ4n) is 1.35. The van der Waals surface area contributed by atoms with Gasteiger partial charge in [-0.05, 0) is 39.2 Å². The van der Waals surface area contributed by atoms with E-state index in [4.69, 9.17) is 9.29 Å². The summed E-state index contributed by atoms with van der Waals surface area (Å²) in [6, 6.07) is -0.517. The maximum absolute atomic E-state index is 11.6. The van der Waals surface area contributed by atoms with E-state index in [0.29, 0.717) is 11.8 Å². The Kier molecular flexibility index (Phi) is 6.51. The van der Waals surface area contributed by atoms with E-state index >= 15 is 0 Å². The van der Waals surface area contributed by atoms with E-state index < -0.39 is 27.9 Å². The molecule has 0 bridgehead atoms. The first-order valence-corrected chi connectivity index (χ1v) is 7.54. The van der Waals surface area contributed by atoms with E-state index in [9.17, 15) is 13.2 Å². The molecule has 0 aliphatic heterocycles. The van der Waals surface area contributed by atoms with Crippen LogP contribution >= 0.6 is 0 Å². The second-order valence-electron chi connectivity index (χ2n) is 5.73. The second kappa shape index (κ2) is 6.91. The quantitative estimate of drug-likeness (QED) is 0.759. The fourth-order valence-corrected chi connectivity index (χ4v) is 1.73. The van der Waals surface area contributed by atoms with Crippen LogP contribution in [-0.2, 0) is 14.9 Å². The number of rotatable bonds is 5. The van der Waals surface area contributed by atoms with Crippen LogP contribution in [0.25, 0.3) is 0 Å². The van der Waals surface area contributed by atoms with Crippen LogP contribution in [0.15, 0.2) is 11.5 Å². The van der Waals surface area contributed by atoms with Crippen molar-refractivity contribution in [1.82, 2.24) is 5.32 Å². The standard InChI is InChI=1S/C12H23NO5S/c1-9(2)8-10(6-7-19(15,16)17)13-11(14)18-12(3,4)5/h6-7,9-10H,8H2,1-5H3,(H,13,14)(H,15,16,17)/t10-/m0/s1. The predicted octanol–water partition coefficient (Wildman–Crippen LogP) is 2.33. The first-order valence-electron chi connectivity index (χ1n) is 6.04. The van der Waals surface area contributed by atoms with Gasteiger partial charge < -0.3 is 10.1 Å². The molecule has 6 nitrogen and oxygen atoms in total. The highest BCUT2D eigenvalue weighted by Crippen LogP contribution is 2.10. The summed E-state index contributed by atoms with van der Waals surface area (Å²) in [5.74, 6) is 0.242. The lowest BCUT2D eigenvalue weighted by Crippen LogP contribution is -2.38. The third kappa shape index (κ3) is 11.7. The minimum Gasteiger partial charge on any atom is -0.444 e. The molecule has 0 saturated heterocycles. The largest absolute Gasteiger partial charge is 0.444 e. The fraction of sp³-hybridized carbons (Fsp3) is 0.750. The minimum absolute atomic E-state index is 0.242. The van der Waals surface area contributed by atoms with E-state index in [0.717, 1.165) is 0 Å². The molecule has 0 radical (unpaired) electrons. The van der Waals surface area contributed by atoms with Gasteiger partial charge in [0, 0.05) is 0 Å². The highest BCUT2D eigenvalue weighted by atomic mass is 32.2. The average molecular weight is 293 g/mol. The zero-order chi connectivity index (χ0) is 15.3. The number of ether oxygens (including phenoxy) is 1. The molecular weight excluding hydrogens is 270 g/mol. The van der Waals surface area contributed by atoms with Crippen molar-refractivity contribution < 1.29 is 22.5 Å². The zero-order valence-corrected chi connectivity index (χ0v) is 12.8. The molecule has 0 rings (SSSR count). The van der Waals surface area contributed by atoms with Gasteiger partial charge in [-0.1, -0.05) is 13.8 Å². The smallest absolute Gasteiger partial charge is 0.408 e. The molecule has 0 aromatic rings. The molecule has 0 aromatic carbocycles. The average Bonchev–Trinajstić information content (AvgIpc) is 2.08. The summed E-state index contributed by atoms with van der Waals surface area (Å²) in [6.45, 7) is 9.07. The number of alkyl carbamates (subject to hydrolysis) is 1. The first kappa shape index (κ1) is 17.9. The molecular formula is C12H23NO5S. The lowest BCUT2D eigenvalue weighted by molar-refractivity contribution is 0.0510. The van der Waals surface area contributed by atoms with E-state index in [2.05, 4.69) is 5.32 Å². The first-order chi connectivity index (χ1) is 8.39. The molecule has 0 fully saturated rings. The number of hydrogen-bond acceptors (Lipinski definition) is 4. The van der Waals surface area contributed by atoms with Crippen LogP contribution in [-0.4, -0.2) is 30.7 Å². The molecule has 7 heteroatoms. The Morgan fingerprint density at radius 2 is 1.89 bits per heavy atom. The highest BCUT2D eigenvalue weighted by Gasteiger charge is 2.19. The van der Waals surface area contributed by atoms with Gasteiger partial charge in [0.25, 0.3) is 10.1 Å². The SMILES string of the molecule is CC(C)C[C@H](C=CS(=O)(=O)O)NC(=O)OC(C)(C)C. The summed E-state index contributed by atoms with van der Waals surface area (Å²) in [5.41, 5.74) is -0.626. The van der Waals surface area contributed by atoms with Gasteiger partial charge >= 0.3 is 6.09 Å². The molecule has 0 spiro atoms. The van der Waals surface area contributed by atoms with Crippen molar-refractivity contribution >= 4 is 16.2 Å². The van der Waals surface area contributed by atoms with Crippen molar-refractivity contribution in [3.8, 4) is 0 Å². The van der Waals surface area contributed by atoms with Crippen molar-refractivity contribution in [2.45, 2.75) is 52.7 Å². The van der Waals surface area contributed by atoms with Crippen molar-refractivity contribution in [3.63, 3.8) is 0 Å². The normalized spacial score (nSPS) is 14.7. The van der Waals surface area contributed by atoms with Crippen molar-refractivity contribution in [3.05, 3.63) is 11.5 Å². The molecule has 0 aliphatic carbocycles. The molecule has 0 unspecified atom stereocenters. The number of carbonyl (C=O) groups excluding carboxylic acids is 1. The summed E-state index contributed by atoms with van der Waals surface area (Å²) < 4.78 is 35.1. The molecule has 19 heavy (non-hydrogen) atoms. The number of nitrogens with one attached hydrogen (secondary N) is 1. The highest BCUT2D eigenvalue weighted by molar-refractivity contribution is 7.88. The predicted molar refractivity (Wildman–Crippen MR) is 73.3 cm³/mol. The molecule has 0 aromatic heterocycles.